The van der Waals surface area contributed by atoms with Gasteiger partial charge in [-0.2, -0.15) is 4.31 Å². The highest BCUT2D eigenvalue weighted by Crippen LogP contribution is 2.17. The van der Waals surface area contributed by atoms with E-state index in [4.69, 9.17) is 0 Å². The van der Waals surface area contributed by atoms with Gasteiger partial charge in [0.05, 0.1) is 4.90 Å². The van der Waals surface area contributed by atoms with Crippen LogP contribution in [0.3, 0.4) is 0 Å². The Morgan fingerprint density at radius 2 is 2.10 bits per heavy atom. The van der Waals surface area contributed by atoms with E-state index in [0.717, 1.165) is 12.0 Å². The van der Waals surface area contributed by atoms with Gasteiger partial charge in [-0.3, -0.25) is 0 Å². The number of benzene rings is 1. The van der Waals surface area contributed by atoms with Crippen molar-refractivity contribution in [3.63, 3.8) is 0 Å². The Hall–Kier alpha value is -1.17. The van der Waals surface area contributed by atoms with Gasteiger partial charge in [-0.25, -0.2) is 8.42 Å². The fourth-order valence-corrected chi connectivity index (χ4v) is 3.56. The van der Waals surface area contributed by atoms with Gasteiger partial charge in [-0.1, -0.05) is 39.0 Å². The predicted molar refractivity (Wildman–Crippen MR) is 87.7 cm³/mol. The summed E-state index contributed by atoms with van der Waals surface area (Å²) in [6.07, 6.45) is 2.40. The zero-order chi connectivity index (χ0) is 15.9. The maximum atomic E-state index is 12.7. The molecule has 1 N–H and O–H groups in total. The Bertz CT molecular complexity index is 553. The molecular formula is C16H26N2O2S. The van der Waals surface area contributed by atoms with Crippen molar-refractivity contribution in [1.29, 1.82) is 0 Å². The van der Waals surface area contributed by atoms with Crippen LogP contribution in [0, 0.1) is 0 Å². The maximum Gasteiger partial charge on any atom is 0.243 e. The van der Waals surface area contributed by atoms with Gasteiger partial charge in [0.1, 0.15) is 0 Å². The summed E-state index contributed by atoms with van der Waals surface area (Å²) in [5.74, 6) is 0. The third kappa shape index (κ3) is 5.26. The van der Waals surface area contributed by atoms with Crippen molar-refractivity contribution in [3.05, 3.63) is 42.5 Å². The quantitative estimate of drug-likeness (QED) is 0.714. The van der Waals surface area contributed by atoms with E-state index in [9.17, 15) is 8.42 Å². The van der Waals surface area contributed by atoms with E-state index in [-0.39, 0.29) is 0 Å². The molecule has 0 aliphatic carbocycles. The molecule has 0 saturated carbocycles. The zero-order valence-electron chi connectivity index (χ0n) is 13.2. The van der Waals surface area contributed by atoms with Gasteiger partial charge in [-0.05, 0) is 24.1 Å². The third-order valence-electron chi connectivity index (χ3n) is 3.06. The second-order valence-corrected chi connectivity index (χ2v) is 7.27. The van der Waals surface area contributed by atoms with Crippen molar-refractivity contribution < 1.29 is 8.42 Å². The minimum Gasteiger partial charge on any atom is -0.310 e. The summed E-state index contributed by atoms with van der Waals surface area (Å²) < 4.78 is 26.8. The third-order valence-corrected chi connectivity index (χ3v) is 4.92. The van der Waals surface area contributed by atoms with Gasteiger partial charge in [0.2, 0.25) is 10.0 Å². The summed E-state index contributed by atoms with van der Waals surface area (Å²) in [5.41, 5.74) is 0.972. The van der Waals surface area contributed by atoms with E-state index < -0.39 is 10.0 Å². The molecule has 0 amide bonds. The van der Waals surface area contributed by atoms with Crippen molar-refractivity contribution in [2.75, 3.05) is 13.1 Å². The van der Waals surface area contributed by atoms with Gasteiger partial charge < -0.3 is 5.32 Å². The van der Waals surface area contributed by atoms with Crippen LogP contribution < -0.4 is 5.32 Å². The summed E-state index contributed by atoms with van der Waals surface area (Å²) in [7, 11) is -3.45. The molecule has 0 aliphatic rings. The van der Waals surface area contributed by atoms with E-state index >= 15 is 0 Å². The maximum absolute atomic E-state index is 12.7. The second kappa shape index (κ2) is 8.32. The van der Waals surface area contributed by atoms with E-state index in [1.54, 1.807) is 24.3 Å². The molecule has 0 aliphatic heterocycles. The minimum atomic E-state index is -3.45. The molecule has 0 atom stereocenters. The molecule has 0 fully saturated rings. The van der Waals surface area contributed by atoms with Crippen LogP contribution in [0.15, 0.2) is 41.8 Å². The lowest BCUT2D eigenvalue weighted by Gasteiger charge is -2.20. The standard InChI is InChI=1S/C16H26N2O2S/c1-5-10-18(11-6-2)21(19,20)16-9-7-8-15(12-16)13-17-14(3)4/h5,7-9,12,14,17H,1,6,10-11,13H2,2-4H3. The number of nitrogens with one attached hydrogen (secondary N) is 1. The number of hydrogen-bond donors (Lipinski definition) is 1. The first-order chi connectivity index (χ1) is 9.91. The van der Waals surface area contributed by atoms with Crippen molar-refractivity contribution in [2.24, 2.45) is 0 Å². The average molecular weight is 310 g/mol. The molecule has 1 rings (SSSR count). The van der Waals surface area contributed by atoms with Crippen molar-refractivity contribution >= 4 is 10.0 Å². The highest BCUT2D eigenvalue weighted by Gasteiger charge is 2.22. The molecule has 5 heteroatoms. The molecule has 0 saturated heterocycles. The van der Waals surface area contributed by atoms with Crippen molar-refractivity contribution in [3.8, 4) is 0 Å². The van der Waals surface area contributed by atoms with E-state index in [2.05, 4.69) is 25.7 Å². The summed E-state index contributed by atoms with van der Waals surface area (Å²) in [5, 5.41) is 3.30. The van der Waals surface area contributed by atoms with Gasteiger partial charge in [-0.15, -0.1) is 6.58 Å². The van der Waals surface area contributed by atoms with Gasteiger partial charge in [0.25, 0.3) is 0 Å². The van der Waals surface area contributed by atoms with E-state index in [1.165, 1.54) is 4.31 Å². The summed E-state index contributed by atoms with van der Waals surface area (Å²) in [6.45, 7) is 11.2. The molecule has 0 spiro atoms. The number of hydrogen-bond acceptors (Lipinski definition) is 3. The molecule has 0 bridgehead atoms. The van der Waals surface area contributed by atoms with Gasteiger partial charge in [0, 0.05) is 25.7 Å². The number of nitrogens with zero attached hydrogens (tertiary/aromatic N) is 1. The molecule has 0 radical (unpaired) electrons. The van der Waals surface area contributed by atoms with Crippen LogP contribution in [0.4, 0.5) is 0 Å². The average Bonchev–Trinajstić information content (AvgIpc) is 2.45. The molecule has 0 heterocycles. The normalized spacial score (nSPS) is 12.0. The molecule has 0 aromatic heterocycles. The first-order valence-electron chi connectivity index (χ1n) is 7.35. The Labute approximate surface area is 128 Å². The Morgan fingerprint density at radius 1 is 1.38 bits per heavy atom. The fourth-order valence-electron chi connectivity index (χ4n) is 1.99. The molecule has 1 aromatic carbocycles. The summed E-state index contributed by atoms with van der Waals surface area (Å²) in [6, 6.07) is 7.49. The van der Waals surface area contributed by atoms with Crippen molar-refractivity contribution in [1.82, 2.24) is 9.62 Å². The topological polar surface area (TPSA) is 49.4 Å². The zero-order valence-corrected chi connectivity index (χ0v) is 14.0. The van der Waals surface area contributed by atoms with Crippen LogP contribution in [0.2, 0.25) is 0 Å². The lowest BCUT2D eigenvalue weighted by atomic mass is 10.2. The molecule has 1 aromatic rings. The Balaban J connectivity index is 3.01. The van der Waals surface area contributed by atoms with Crippen molar-refractivity contribution in [2.45, 2.75) is 44.7 Å². The smallest absolute Gasteiger partial charge is 0.243 e. The van der Waals surface area contributed by atoms with Crippen LogP contribution in [-0.2, 0) is 16.6 Å². The highest BCUT2D eigenvalue weighted by atomic mass is 32.2. The lowest BCUT2D eigenvalue weighted by Crippen LogP contribution is -2.32. The predicted octanol–water partition coefficient (Wildman–Crippen LogP) is 2.77. The minimum absolute atomic E-state index is 0.338. The van der Waals surface area contributed by atoms with Crippen LogP contribution in [0.1, 0.15) is 32.8 Å². The van der Waals surface area contributed by atoms with Crippen LogP contribution >= 0.6 is 0 Å². The monoisotopic (exact) mass is 310 g/mol. The highest BCUT2D eigenvalue weighted by molar-refractivity contribution is 7.89. The molecule has 0 unspecified atom stereocenters. The largest absolute Gasteiger partial charge is 0.310 e. The Kier molecular flexibility index (Phi) is 7.08. The Morgan fingerprint density at radius 3 is 2.67 bits per heavy atom. The molecule has 21 heavy (non-hydrogen) atoms. The lowest BCUT2D eigenvalue weighted by molar-refractivity contribution is 0.441. The molecule has 4 nitrogen and oxygen atoms in total. The van der Waals surface area contributed by atoms with Gasteiger partial charge >= 0.3 is 0 Å². The van der Waals surface area contributed by atoms with Crippen LogP contribution in [0.5, 0.6) is 0 Å². The van der Waals surface area contributed by atoms with Crippen LogP contribution in [-0.4, -0.2) is 31.9 Å². The molecule has 118 valence electrons. The first-order valence-corrected chi connectivity index (χ1v) is 8.79. The number of rotatable bonds is 9. The SMILES string of the molecule is C=CCN(CCC)S(=O)(=O)c1cccc(CNC(C)C)c1. The first kappa shape index (κ1) is 17.9. The fraction of sp³-hybridized carbons (Fsp3) is 0.500. The second-order valence-electron chi connectivity index (χ2n) is 5.33. The summed E-state index contributed by atoms with van der Waals surface area (Å²) >= 11 is 0. The van der Waals surface area contributed by atoms with E-state index in [1.807, 2.05) is 13.0 Å². The van der Waals surface area contributed by atoms with E-state index in [0.29, 0.717) is 30.6 Å². The number of sulfonamides is 1. The molecular weight excluding hydrogens is 284 g/mol. The summed E-state index contributed by atoms with van der Waals surface area (Å²) in [4.78, 5) is 0.348. The van der Waals surface area contributed by atoms with Gasteiger partial charge in [0.15, 0.2) is 0 Å². The van der Waals surface area contributed by atoms with Crippen LogP contribution in [0.25, 0.3) is 0 Å².